The Labute approximate surface area is 79.0 Å². The molecule has 0 radical (unpaired) electrons. The molecule has 1 aliphatic heterocycles. The highest BCUT2D eigenvalue weighted by Crippen LogP contribution is 2.04. The summed E-state index contributed by atoms with van der Waals surface area (Å²) in [6, 6.07) is 0.0713. The van der Waals surface area contributed by atoms with Crippen LogP contribution in [0.2, 0.25) is 0 Å². The third-order valence-corrected chi connectivity index (χ3v) is 2.37. The van der Waals surface area contributed by atoms with Gasteiger partial charge in [-0.05, 0) is 5.92 Å². The molecule has 1 aliphatic rings. The van der Waals surface area contributed by atoms with Crippen LogP contribution >= 0.6 is 0 Å². The maximum atomic E-state index is 11.3. The highest BCUT2D eigenvalue weighted by atomic mass is 16.5. The zero-order valence-electron chi connectivity index (χ0n) is 8.32. The molecule has 1 fully saturated rings. The number of nitrogens with zero attached hydrogens (tertiary/aromatic N) is 1. The van der Waals surface area contributed by atoms with Gasteiger partial charge in [0.05, 0.1) is 6.61 Å². The zero-order chi connectivity index (χ0) is 9.84. The first kappa shape index (κ1) is 10.5. The van der Waals surface area contributed by atoms with E-state index in [4.69, 9.17) is 10.5 Å². The maximum absolute atomic E-state index is 11.3. The topological polar surface area (TPSA) is 55.6 Å². The smallest absolute Gasteiger partial charge is 0.248 e. The monoisotopic (exact) mass is 186 g/mol. The number of ether oxygens (including phenoxy) is 1. The van der Waals surface area contributed by atoms with Gasteiger partial charge >= 0.3 is 0 Å². The standard InChI is InChI=1S/C9H18N2O2/c1-7(2)8(10)5-11-3-4-13-6-9(11)12/h7-8H,3-6,10H2,1-2H3. The highest BCUT2D eigenvalue weighted by Gasteiger charge is 2.21. The van der Waals surface area contributed by atoms with Crippen LogP contribution in [-0.2, 0) is 9.53 Å². The lowest BCUT2D eigenvalue weighted by atomic mass is 10.1. The average molecular weight is 186 g/mol. The molecule has 0 spiro atoms. The number of carbonyl (C=O) groups excluding carboxylic acids is 1. The van der Waals surface area contributed by atoms with E-state index in [1.54, 1.807) is 4.90 Å². The average Bonchev–Trinajstić information content (AvgIpc) is 2.08. The van der Waals surface area contributed by atoms with Crippen LogP contribution in [0.3, 0.4) is 0 Å². The quantitative estimate of drug-likeness (QED) is 0.665. The lowest BCUT2D eigenvalue weighted by Gasteiger charge is -2.30. The van der Waals surface area contributed by atoms with E-state index >= 15 is 0 Å². The van der Waals surface area contributed by atoms with Crippen LogP contribution in [-0.4, -0.2) is 43.2 Å². The normalized spacial score (nSPS) is 20.9. The minimum absolute atomic E-state index is 0.0577. The molecule has 0 aromatic heterocycles. The SMILES string of the molecule is CC(C)C(N)CN1CCOCC1=O. The summed E-state index contributed by atoms with van der Waals surface area (Å²) >= 11 is 0. The molecule has 76 valence electrons. The highest BCUT2D eigenvalue weighted by molar-refractivity contribution is 5.78. The largest absolute Gasteiger partial charge is 0.370 e. The van der Waals surface area contributed by atoms with Crippen molar-refractivity contribution in [1.29, 1.82) is 0 Å². The first-order chi connectivity index (χ1) is 6.11. The van der Waals surface area contributed by atoms with Crippen molar-refractivity contribution < 1.29 is 9.53 Å². The summed E-state index contributed by atoms with van der Waals surface area (Å²) in [6.07, 6.45) is 0. The van der Waals surface area contributed by atoms with E-state index in [9.17, 15) is 4.79 Å². The fourth-order valence-electron chi connectivity index (χ4n) is 1.21. The molecule has 1 unspecified atom stereocenters. The first-order valence-electron chi connectivity index (χ1n) is 4.72. The van der Waals surface area contributed by atoms with Gasteiger partial charge in [-0.3, -0.25) is 4.79 Å². The zero-order valence-corrected chi connectivity index (χ0v) is 8.32. The Bertz CT molecular complexity index is 182. The maximum Gasteiger partial charge on any atom is 0.248 e. The van der Waals surface area contributed by atoms with Crippen LogP contribution in [0.15, 0.2) is 0 Å². The summed E-state index contributed by atoms with van der Waals surface area (Å²) in [5, 5.41) is 0. The molecule has 1 heterocycles. The molecule has 4 heteroatoms. The lowest BCUT2D eigenvalue weighted by molar-refractivity contribution is -0.143. The summed E-state index contributed by atoms with van der Waals surface area (Å²) in [7, 11) is 0. The first-order valence-corrected chi connectivity index (χ1v) is 4.72. The molecule has 1 atom stereocenters. The minimum atomic E-state index is 0.0577. The molecule has 4 nitrogen and oxygen atoms in total. The Hall–Kier alpha value is -0.610. The molecule has 1 amide bonds. The fourth-order valence-corrected chi connectivity index (χ4v) is 1.21. The van der Waals surface area contributed by atoms with Gasteiger partial charge in [0.25, 0.3) is 0 Å². The van der Waals surface area contributed by atoms with Gasteiger partial charge in [-0.15, -0.1) is 0 Å². The minimum Gasteiger partial charge on any atom is -0.370 e. The Morgan fingerprint density at radius 1 is 1.62 bits per heavy atom. The van der Waals surface area contributed by atoms with E-state index in [1.165, 1.54) is 0 Å². The molecule has 0 saturated carbocycles. The molecular weight excluding hydrogens is 168 g/mol. The van der Waals surface area contributed by atoms with E-state index < -0.39 is 0 Å². The molecular formula is C9H18N2O2. The summed E-state index contributed by atoms with van der Waals surface area (Å²) in [5.74, 6) is 0.470. The van der Waals surface area contributed by atoms with Crippen molar-refractivity contribution in [2.24, 2.45) is 11.7 Å². The Morgan fingerprint density at radius 3 is 2.85 bits per heavy atom. The van der Waals surface area contributed by atoms with E-state index in [2.05, 4.69) is 13.8 Å². The van der Waals surface area contributed by atoms with Gasteiger partial charge in [0.15, 0.2) is 0 Å². The predicted octanol–water partition coefficient (Wildman–Crippen LogP) is -0.171. The van der Waals surface area contributed by atoms with Crippen molar-refractivity contribution in [1.82, 2.24) is 4.90 Å². The van der Waals surface area contributed by atoms with Gasteiger partial charge in [0.2, 0.25) is 5.91 Å². The molecule has 0 bridgehead atoms. The molecule has 0 aliphatic carbocycles. The fraction of sp³-hybridized carbons (Fsp3) is 0.889. The van der Waals surface area contributed by atoms with Crippen molar-refractivity contribution in [2.75, 3.05) is 26.3 Å². The van der Waals surface area contributed by atoms with Crippen molar-refractivity contribution in [2.45, 2.75) is 19.9 Å². The Balaban J connectivity index is 2.38. The Kier molecular flexibility index (Phi) is 3.69. The third kappa shape index (κ3) is 2.97. The number of rotatable bonds is 3. The second kappa shape index (κ2) is 4.58. The van der Waals surface area contributed by atoms with Gasteiger partial charge in [-0.2, -0.15) is 0 Å². The summed E-state index contributed by atoms with van der Waals surface area (Å²) in [4.78, 5) is 13.1. The molecule has 1 rings (SSSR count). The molecule has 2 N–H and O–H groups in total. The molecule has 0 aromatic carbocycles. The van der Waals surface area contributed by atoms with Gasteiger partial charge < -0.3 is 15.4 Å². The van der Waals surface area contributed by atoms with Crippen molar-refractivity contribution in [3.8, 4) is 0 Å². The number of amides is 1. The number of carbonyl (C=O) groups is 1. The molecule has 13 heavy (non-hydrogen) atoms. The van der Waals surface area contributed by atoms with Crippen LogP contribution < -0.4 is 5.73 Å². The van der Waals surface area contributed by atoms with E-state index in [0.29, 0.717) is 25.6 Å². The molecule has 1 saturated heterocycles. The van der Waals surface area contributed by atoms with Gasteiger partial charge in [0.1, 0.15) is 6.61 Å². The summed E-state index contributed by atoms with van der Waals surface area (Å²) in [5.41, 5.74) is 5.87. The predicted molar refractivity (Wildman–Crippen MR) is 50.2 cm³/mol. The third-order valence-electron chi connectivity index (χ3n) is 2.37. The van der Waals surface area contributed by atoms with E-state index in [-0.39, 0.29) is 18.6 Å². The van der Waals surface area contributed by atoms with Crippen molar-refractivity contribution in [3.63, 3.8) is 0 Å². The lowest BCUT2D eigenvalue weighted by Crippen LogP contribution is -2.48. The summed E-state index contributed by atoms with van der Waals surface area (Å²) in [6.45, 7) is 6.31. The Morgan fingerprint density at radius 2 is 2.31 bits per heavy atom. The number of morpholine rings is 1. The summed E-state index contributed by atoms with van der Waals surface area (Å²) < 4.78 is 5.02. The van der Waals surface area contributed by atoms with Crippen LogP contribution in [0.5, 0.6) is 0 Å². The van der Waals surface area contributed by atoms with E-state index in [0.717, 1.165) is 0 Å². The van der Waals surface area contributed by atoms with Crippen LogP contribution in [0, 0.1) is 5.92 Å². The number of nitrogens with two attached hydrogens (primary N) is 1. The molecule has 0 aromatic rings. The number of hydrogen-bond acceptors (Lipinski definition) is 3. The number of hydrogen-bond donors (Lipinski definition) is 1. The van der Waals surface area contributed by atoms with Crippen LogP contribution in [0.1, 0.15) is 13.8 Å². The second-order valence-electron chi connectivity index (χ2n) is 3.80. The van der Waals surface area contributed by atoms with Crippen molar-refractivity contribution in [3.05, 3.63) is 0 Å². The van der Waals surface area contributed by atoms with Crippen LogP contribution in [0.4, 0.5) is 0 Å². The second-order valence-corrected chi connectivity index (χ2v) is 3.80. The van der Waals surface area contributed by atoms with Crippen LogP contribution in [0.25, 0.3) is 0 Å². The van der Waals surface area contributed by atoms with Gasteiger partial charge in [0, 0.05) is 19.1 Å². The van der Waals surface area contributed by atoms with E-state index in [1.807, 2.05) is 0 Å². The van der Waals surface area contributed by atoms with Gasteiger partial charge in [-0.25, -0.2) is 0 Å². The van der Waals surface area contributed by atoms with Gasteiger partial charge in [-0.1, -0.05) is 13.8 Å². The van der Waals surface area contributed by atoms with Crippen molar-refractivity contribution >= 4 is 5.91 Å².